The van der Waals surface area contributed by atoms with Crippen molar-refractivity contribution in [1.29, 1.82) is 0 Å². The first kappa shape index (κ1) is 25.8. The normalized spacial score (nSPS) is 18.0. The Bertz CT molecular complexity index is 1520. The number of nitrogens with zero attached hydrogens (tertiary/aromatic N) is 3. The summed E-state index contributed by atoms with van der Waals surface area (Å²) < 4.78 is 17.5. The summed E-state index contributed by atoms with van der Waals surface area (Å²) in [5.74, 6) is 1.97. The Hall–Kier alpha value is -4.19. The Morgan fingerprint density at radius 1 is 1.05 bits per heavy atom. The van der Waals surface area contributed by atoms with Gasteiger partial charge in [-0.2, -0.15) is 5.10 Å². The second-order valence-corrected chi connectivity index (χ2v) is 10.6. The Morgan fingerprint density at radius 3 is 2.68 bits per heavy atom. The van der Waals surface area contributed by atoms with Crippen molar-refractivity contribution < 1.29 is 23.8 Å². The van der Waals surface area contributed by atoms with E-state index in [2.05, 4.69) is 25.8 Å². The Morgan fingerprint density at radius 2 is 1.88 bits per heavy atom. The fourth-order valence-corrected chi connectivity index (χ4v) is 5.58. The summed E-state index contributed by atoms with van der Waals surface area (Å²) in [5.41, 5.74) is 6.80. The average molecular weight is 557 g/mol. The van der Waals surface area contributed by atoms with E-state index in [1.165, 1.54) is 12.8 Å². The molecule has 0 radical (unpaired) electrons. The molecule has 2 fully saturated rings. The lowest BCUT2D eigenvalue weighted by Gasteiger charge is -2.27. The van der Waals surface area contributed by atoms with Crippen LogP contribution in [0, 0.1) is 0 Å². The lowest BCUT2D eigenvalue weighted by atomic mass is 10.0. The molecule has 212 valence electrons. The number of fused-ring (bicyclic) bond motifs is 3. The largest absolute Gasteiger partial charge is 0.488 e. The number of anilines is 1. The molecule has 2 amide bonds. The van der Waals surface area contributed by atoms with Gasteiger partial charge in [0.25, 0.3) is 0 Å². The summed E-state index contributed by atoms with van der Waals surface area (Å²) in [6.07, 6.45) is 5.31. The quantitative estimate of drug-likeness (QED) is 0.285. The maximum absolute atomic E-state index is 13.8. The summed E-state index contributed by atoms with van der Waals surface area (Å²) in [7, 11) is 0. The standard InChI is InChI=1S/C30H32N6O5/c37-29-25-21(4-3-5-22(25)31-30(38)34-36-13-15-39-16-14-36)28-26(29)27(32-33-28)19-6-9-23(24(18-19)41-20-7-8-20)40-17-12-35-10-1-2-11-35/h3-7,9,18H,1-2,8,10-17H2,(H,32,33)(H2,31,34,38). The van der Waals surface area contributed by atoms with Gasteiger partial charge in [-0.3, -0.25) is 20.2 Å². The number of likely N-dealkylation sites (tertiary alicyclic amines) is 1. The number of H-pyrrole nitrogens is 1. The van der Waals surface area contributed by atoms with Crippen LogP contribution in [-0.2, 0) is 4.74 Å². The molecule has 2 aliphatic heterocycles. The molecule has 11 heteroatoms. The minimum Gasteiger partial charge on any atom is -0.488 e. The van der Waals surface area contributed by atoms with Crippen molar-refractivity contribution in [2.45, 2.75) is 19.3 Å². The van der Waals surface area contributed by atoms with Crippen LogP contribution in [0.3, 0.4) is 0 Å². The summed E-state index contributed by atoms with van der Waals surface area (Å²) >= 11 is 0. The minimum atomic E-state index is -0.404. The van der Waals surface area contributed by atoms with Gasteiger partial charge < -0.3 is 19.5 Å². The third-order valence-corrected chi connectivity index (χ3v) is 7.77. The third kappa shape index (κ3) is 5.31. The maximum atomic E-state index is 13.8. The molecule has 7 rings (SSSR count). The van der Waals surface area contributed by atoms with E-state index in [1.807, 2.05) is 36.4 Å². The number of aromatic amines is 1. The van der Waals surface area contributed by atoms with Crippen LogP contribution in [0.1, 0.15) is 35.2 Å². The second-order valence-electron chi connectivity index (χ2n) is 10.6. The first-order valence-electron chi connectivity index (χ1n) is 14.2. The van der Waals surface area contributed by atoms with Crippen LogP contribution in [0.4, 0.5) is 10.5 Å². The van der Waals surface area contributed by atoms with Crippen LogP contribution in [0.5, 0.6) is 11.5 Å². The van der Waals surface area contributed by atoms with Gasteiger partial charge in [-0.25, -0.2) is 9.80 Å². The van der Waals surface area contributed by atoms with Crippen LogP contribution < -0.4 is 20.2 Å². The Kier molecular flexibility index (Phi) is 6.91. The number of urea groups is 1. The molecule has 2 aromatic carbocycles. The predicted octanol–water partition coefficient (Wildman–Crippen LogP) is 3.80. The average Bonchev–Trinajstić information content (AvgIpc) is 3.35. The number of hydrazine groups is 1. The van der Waals surface area contributed by atoms with Gasteiger partial charge in [0.1, 0.15) is 18.1 Å². The van der Waals surface area contributed by atoms with Crippen molar-refractivity contribution in [1.82, 2.24) is 25.5 Å². The number of aromatic nitrogens is 2. The molecular formula is C30H32N6O5. The van der Waals surface area contributed by atoms with Gasteiger partial charge in [-0.15, -0.1) is 0 Å². The molecule has 3 aromatic rings. The van der Waals surface area contributed by atoms with Gasteiger partial charge in [-0.1, -0.05) is 12.1 Å². The van der Waals surface area contributed by atoms with E-state index in [9.17, 15) is 9.59 Å². The van der Waals surface area contributed by atoms with Crippen LogP contribution in [-0.4, -0.2) is 84.5 Å². The summed E-state index contributed by atoms with van der Waals surface area (Å²) in [4.78, 5) is 29.0. The van der Waals surface area contributed by atoms with Crippen molar-refractivity contribution in [2.24, 2.45) is 0 Å². The van der Waals surface area contributed by atoms with E-state index >= 15 is 0 Å². The predicted molar refractivity (Wildman–Crippen MR) is 152 cm³/mol. The monoisotopic (exact) mass is 556 g/mol. The fraction of sp³-hybridized carbons (Fsp3) is 0.367. The molecule has 0 saturated carbocycles. The molecule has 0 spiro atoms. The summed E-state index contributed by atoms with van der Waals surface area (Å²) in [6, 6.07) is 10.7. The van der Waals surface area contributed by atoms with Crippen LogP contribution in [0.15, 0.2) is 48.2 Å². The van der Waals surface area contributed by atoms with E-state index in [4.69, 9.17) is 14.2 Å². The van der Waals surface area contributed by atoms with E-state index in [0.29, 0.717) is 78.2 Å². The molecule has 41 heavy (non-hydrogen) atoms. The lowest BCUT2D eigenvalue weighted by molar-refractivity contribution is 0.0207. The topological polar surface area (TPSA) is 121 Å². The van der Waals surface area contributed by atoms with Gasteiger partial charge >= 0.3 is 6.03 Å². The van der Waals surface area contributed by atoms with Gasteiger partial charge in [0.15, 0.2) is 17.3 Å². The van der Waals surface area contributed by atoms with Gasteiger partial charge in [-0.05, 0) is 56.3 Å². The maximum Gasteiger partial charge on any atom is 0.333 e. The molecule has 11 nitrogen and oxygen atoms in total. The Balaban J connectivity index is 1.12. The number of amides is 2. The zero-order chi connectivity index (χ0) is 27.8. The van der Waals surface area contributed by atoms with Crippen molar-refractivity contribution in [3.8, 4) is 34.0 Å². The molecule has 3 heterocycles. The van der Waals surface area contributed by atoms with E-state index in [-0.39, 0.29) is 5.78 Å². The molecule has 1 aromatic heterocycles. The zero-order valence-corrected chi connectivity index (χ0v) is 22.7. The molecule has 0 bridgehead atoms. The zero-order valence-electron chi connectivity index (χ0n) is 22.7. The number of rotatable bonds is 9. The molecule has 0 atom stereocenters. The number of ketones is 1. The van der Waals surface area contributed by atoms with E-state index in [0.717, 1.165) is 37.4 Å². The number of allylic oxidation sites excluding steroid dienone is 2. The first-order valence-corrected chi connectivity index (χ1v) is 14.2. The first-order chi connectivity index (χ1) is 20.1. The van der Waals surface area contributed by atoms with E-state index < -0.39 is 6.03 Å². The highest BCUT2D eigenvalue weighted by Crippen LogP contribution is 2.44. The minimum absolute atomic E-state index is 0.195. The number of nitrogens with one attached hydrogen (secondary N) is 3. The van der Waals surface area contributed by atoms with Crippen LogP contribution in [0.25, 0.3) is 22.5 Å². The summed E-state index contributed by atoms with van der Waals surface area (Å²) in [5, 5.41) is 12.2. The van der Waals surface area contributed by atoms with E-state index in [1.54, 1.807) is 11.1 Å². The molecular weight excluding hydrogens is 524 g/mol. The van der Waals surface area contributed by atoms with Gasteiger partial charge in [0.2, 0.25) is 0 Å². The molecule has 0 unspecified atom stereocenters. The number of hydrogen-bond acceptors (Lipinski definition) is 8. The number of morpholine rings is 1. The smallest absolute Gasteiger partial charge is 0.333 e. The highest BCUT2D eigenvalue weighted by atomic mass is 16.5. The third-order valence-electron chi connectivity index (χ3n) is 7.77. The second kappa shape index (κ2) is 11.0. The number of ether oxygens (including phenoxy) is 3. The molecule has 2 aliphatic carbocycles. The number of carbonyl (C=O) groups is 2. The van der Waals surface area contributed by atoms with Crippen LogP contribution in [0.2, 0.25) is 0 Å². The van der Waals surface area contributed by atoms with Crippen molar-refractivity contribution in [2.75, 3.05) is 57.9 Å². The summed E-state index contributed by atoms with van der Waals surface area (Å²) in [6.45, 7) is 6.01. The number of hydrogen-bond donors (Lipinski definition) is 3. The van der Waals surface area contributed by atoms with Crippen LogP contribution >= 0.6 is 0 Å². The van der Waals surface area contributed by atoms with Gasteiger partial charge in [0, 0.05) is 37.2 Å². The fourth-order valence-electron chi connectivity index (χ4n) is 5.58. The highest BCUT2D eigenvalue weighted by molar-refractivity contribution is 6.26. The molecule has 3 N–H and O–H groups in total. The Labute approximate surface area is 237 Å². The van der Waals surface area contributed by atoms with Gasteiger partial charge in [0.05, 0.1) is 35.7 Å². The molecule has 4 aliphatic rings. The highest BCUT2D eigenvalue weighted by Gasteiger charge is 2.35. The number of benzene rings is 2. The molecule has 2 saturated heterocycles. The lowest BCUT2D eigenvalue weighted by Crippen LogP contribution is -2.49. The van der Waals surface area contributed by atoms with Crippen molar-refractivity contribution in [3.63, 3.8) is 0 Å². The number of carbonyl (C=O) groups excluding carboxylic acids is 2. The van der Waals surface area contributed by atoms with Crippen molar-refractivity contribution >= 4 is 17.5 Å². The van der Waals surface area contributed by atoms with Crippen molar-refractivity contribution in [3.05, 3.63) is 59.4 Å². The SMILES string of the molecule is O=C(Nc1cccc2c1C(=O)c1c(-c3ccc(OCCN4CCCC4)c(OC4=CC4)c3)n[nH]c1-2)NN1CCOCC1.